The van der Waals surface area contributed by atoms with E-state index in [1.54, 1.807) is 0 Å². The van der Waals surface area contributed by atoms with Gasteiger partial charge in [0.15, 0.2) is 6.17 Å². The summed E-state index contributed by atoms with van der Waals surface area (Å²) in [6, 6.07) is 5.92. The second-order valence-corrected chi connectivity index (χ2v) is 12.7. The Hall–Kier alpha value is -1.12. The highest BCUT2D eigenvalue weighted by Crippen LogP contribution is 2.66. The summed E-state index contributed by atoms with van der Waals surface area (Å²) < 4.78 is 89.6. The third kappa shape index (κ3) is 3.83. The molecule has 4 saturated carbocycles. The fourth-order valence-corrected chi connectivity index (χ4v) is 7.47. The van der Waals surface area contributed by atoms with Gasteiger partial charge in [-0.2, -0.15) is 17.2 Å². The van der Waals surface area contributed by atoms with Crippen molar-refractivity contribution in [1.29, 1.82) is 0 Å². The number of esters is 1. The van der Waals surface area contributed by atoms with Gasteiger partial charge in [-0.3, -0.25) is 9.35 Å². The number of alkyl halides is 3. The van der Waals surface area contributed by atoms with Crippen LogP contribution in [0.25, 0.3) is 0 Å². The van der Waals surface area contributed by atoms with Gasteiger partial charge in [0.1, 0.15) is 5.75 Å². The van der Waals surface area contributed by atoms with Crippen LogP contribution in [0.5, 0.6) is 5.75 Å². The van der Waals surface area contributed by atoms with E-state index in [2.05, 4.69) is 22.6 Å². The molecular formula is C22H24F3IO7S. The van der Waals surface area contributed by atoms with Crippen LogP contribution < -0.4 is 4.74 Å². The third-order valence-electron chi connectivity index (χ3n) is 7.82. The van der Waals surface area contributed by atoms with Crippen LogP contribution in [-0.2, 0) is 31.0 Å². The van der Waals surface area contributed by atoms with E-state index in [1.165, 1.54) is 0 Å². The van der Waals surface area contributed by atoms with E-state index in [9.17, 15) is 26.4 Å². The lowest BCUT2D eigenvalue weighted by Gasteiger charge is -2.63. The number of carbonyl (C=O) groups is 1. The first-order valence-electron chi connectivity index (χ1n) is 11.1. The largest absolute Gasteiger partial charge is 0.465 e. The molecule has 1 spiro atoms. The lowest BCUT2D eigenvalue weighted by atomic mass is 9.47. The number of ether oxygens (including phenoxy) is 3. The van der Waals surface area contributed by atoms with Crippen molar-refractivity contribution in [3.63, 3.8) is 0 Å². The lowest BCUT2D eigenvalue weighted by Crippen LogP contribution is -2.67. The van der Waals surface area contributed by atoms with Crippen LogP contribution in [0.1, 0.15) is 44.1 Å². The van der Waals surface area contributed by atoms with Gasteiger partial charge in [-0.25, -0.2) is 4.39 Å². The van der Waals surface area contributed by atoms with Gasteiger partial charge in [0.25, 0.3) is 0 Å². The van der Waals surface area contributed by atoms with E-state index in [1.807, 2.05) is 18.2 Å². The van der Waals surface area contributed by atoms with E-state index in [4.69, 9.17) is 18.8 Å². The minimum Gasteiger partial charge on any atom is -0.465 e. The molecule has 188 valence electrons. The van der Waals surface area contributed by atoms with Crippen LogP contribution in [0, 0.1) is 26.7 Å². The topological polar surface area (TPSA) is 99.1 Å². The van der Waals surface area contributed by atoms with Crippen molar-refractivity contribution >= 4 is 38.7 Å². The van der Waals surface area contributed by atoms with Crippen LogP contribution in [0.15, 0.2) is 18.2 Å². The average Bonchev–Trinajstić information content (AvgIpc) is 2.76. The summed E-state index contributed by atoms with van der Waals surface area (Å²) in [4.78, 5) is 13.0. The minimum absolute atomic E-state index is 0.0449. The molecule has 4 aliphatic carbocycles. The SMILES string of the molecule is O=C(OCCC(F)C(F)(F)S(=O)(=O)O)C12CC3CC(C1)C1(OCc4cc(I)ccc4O1)C(C3)C2. The average molecular weight is 616 g/mol. The Balaban J connectivity index is 1.27. The maximum Gasteiger partial charge on any atom is 0.400 e. The highest BCUT2D eigenvalue weighted by Gasteiger charge is 2.68. The molecule has 0 radical (unpaired) electrons. The summed E-state index contributed by atoms with van der Waals surface area (Å²) in [5.74, 6) is -0.437. The van der Waals surface area contributed by atoms with Gasteiger partial charge in [-0.05, 0) is 78.8 Å². The first-order valence-corrected chi connectivity index (χ1v) is 13.7. The fraction of sp³-hybridized carbons (Fsp3) is 0.682. The zero-order valence-electron chi connectivity index (χ0n) is 18.0. The first-order chi connectivity index (χ1) is 15.9. The maximum absolute atomic E-state index is 13.8. The molecule has 34 heavy (non-hydrogen) atoms. The molecule has 0 amide bonds. The quantitative estimate of drug-likeness (QED) is 0.286. The third-order valence-corrected chi connectivity index (χ3v) is 9.43. The summed E-state index contributed by atoms with van der Waals surface area (Å²) >= 11 is 2.23. The molecule has 1 heterocycles. The van der Waals surface area contributed by atoms with Crippen molar-refractivity contribution in [2.75, 3.05) is 6.61 Å². The maximum atomic E-state index is 13.8. The minimum atomic E-state index is -5.91. The van der Waals surface area contributed by atoms with Crippen LogP contribution >= 0.6 is 22.6 Å². The molecule has 5 aliphatic rings. The second kappa shape index (κ2) is 8.20. The molecule has 1 aromatic carbocycles. The molecule has 0 saturated heterocycles. The molecular weight excluding hydrogens is 592 g/mol. The molecule has 4 fully saturated rings. The molecule has 7 nitrogen and oxygen atoms in total. The van der Waals surface area contributed by atoms with Crippen molar-refractivity contribution in [2.45, 2.75) is 62.3 Å². The second-order valence-electron chi connectivity index (χ2n) is 9.92. The molecule has 4 bridgehead atoms. The molecule has 1 aromatic rings. The number of benzene rings is 1. The van der Waals surface area contributed by atoms with E-state index >= 15 is 0 Å². The first kappa shape index (κ1) is 24.6. The number of rotatable bonds is 6. The summed E-state index contributed by atoms with van der Waals surface area (Å²) in [7, 11) is -5.91. The van der Waals surface area contributed by atoms with Crippen LogP contribution in [-0.4, -0.2) is 42.8 Å². The van der Waals surface area contributed by atoms with E-state index in [-0.39, 0.29) is 17.8 Å². The molecule has 1 aliphatic heterocycles. The zero-order chi connectivity index (χ0) is 24.5. The van der Waals surface area contributed by atoms with Crippen LogP contribution in [0.4, 0.5) is 13.2 Å². The van der Waals surface area contributed by atoms with Crippen molar-refractivity contribution < 1.29 is 45.1 Å². The number of hydrogen-bond donors (Lipinski definition) is 1. The summed E-state index contributed by atoms with van der Waals surface area (Å²) in [6.07, 6.45) is -1.03. The van der Waals surface area contributed by atoms with Gasteiger partial charge in [-0.1, -0.05) is 0 Å². The number of carbonyl (C=O) groups excluding carboxylic acids is 1. The van der Waals surface area contributed by atoms with Crippen molar-refractivity contribution in [2.24, 2.45) is 23.2 Å². The number of halogens is 4. The van der Waals surface area contributed by atoms with Crippen molar-refractivity contribution in [3.8, 4) is 5.75 Å². The standard InChI is InChI=1S/C22H24F3IO7S/c23-18(22(24,25)34(28,29)30)3-4-31-19(27)20-8-12-5-14(9-20)21(15(6-12)10-20)32-11-13-7-16(26)1-2-17(13)33-21/h1-2,7,12,14-15,18H,3-6,8-11H2,(H,28,29,30). The van der Waals surface area contributed by atoms with E-state index in [0.717, 1.165) is 27.7 Å². The number of hydrogen-bond acceptors (Lipinski definition) is 6. The van der Waals surface area contributed by atoms with Gasteiger partial charge < -0.3 is 14.2 Å². The molecule has 6 rings (SSSR count). The van der Waals surface area contributed by atoms with Gasteiger partial charge in [-0.15, -0.1) is 0 Å². The summed E-state index contributed by atoms with van der Waals surface area (Å²) in [6.45, 7) is -0.293. The molecule has 12 heteroatoms. The van der Waals surface area contributed by atoms with E-state index in [0.29, 0.717) is 25.9 Å². The zero-order valence-corrected chi connectivity index (χ0v) is 21.0. The molecule has 0 aromatic heterocycles. The summed E-state index contributed by atoms with van der Waals surface area (Å²) in [5, 5.41) is -4.96. The number of fused-ring (bicyclic) bond motifs is 1. The predicted octanol–water partition coefficient (Wildman–Crippen LogP) is 4.47. The van der Waals surface area contributed by atoms with E-state index < -0.39 is 51.7 Å². The van der Waals surface area contributed by atoms with Gasteiger partial charge in [0.2, 0.25) is 5.79 Å². The Kier molecular flexibility index (Phi) is 5.93. The Morgan fingerprint density at radius 3 is 2.59 bits per heavy atom. The summed E-state index contributed by atoms with van der Waals surface area (Å²) in [5.41, 5.74) is 0.154. The lowest BCUT2D eigenvalue weighted by molar-refractivity contribution is -0.326. The smallest absolute Gasteiger partial charge is 0.400 e. The Morgan fingerprint density at radius 1 is 1.26 bits per heavy atom. The van der Waals surface area contributed by atoms with Gasteiger partial charge >= 0.3 is 21.3 Å². The van der Waals surface area contributed by atoms with Crippen LogP contribution in [0.3, 0.4) is 0 Å². The van der Waals surface area contributed by atoms with Gasteiger partial charge in [0.05, 0.1) is 18.6 Å². The molecule has 3 atom stereocenters. The van der Waals surface area contributed by atoms with Gasteiger partial charge in [0, 0.05) is 27.4 Å². The molecule has 3 unspecified atom stereocenters. The molecule has 1 N–H and O–H groups in total. The fourth-order valence-electron chi connectivity index (χ4n) is 6.47. The highest BCUT2D eigenvalue weighted by molar-refractivity contribution is 14.1. The Bertz CT molecular complexity index is 1100. The Morgan fingerprint density at radius 2 is 1.94 bits per heavy atom. The van der Waals surface area contributed by atoms with Crippen molar-refractivity contribution in [3.05, 3.63) is 27.3 Å². The Labute approximate surface area is 208 Å². The highest BCUT2D eigenvalue weighted by atomic mass is 127. The predicted molar refractivity (Wildman–Crippen MR) is 120 cm³/mol. The monoisotopic (exact) mass is 616 g/mol. The van der Waals surface area contributed by atoms with Crippen molar-refractivity contribution in [1.82, 2.24) is 0 Å². The normalized spacial score (nSPS) is 35.0. The van der Waals surface area contributed by atoms with Crippen LogP contribution in [0.2, 0.25) is 0 Å².